The number of primary amides is 1. The van der Waals surface area contributed by atoms with Crippen LogP contribution in [0.25, 0.3) is 0 Å². The Morgan fingerprint density at radius 3 is 2.43 bits per heavy atom. The number of fused-ring (bicyclic) bond motifs is 1. The van der Waals surface area contributed by atoms with Gasteiger partial charge in [0.15, 0.2) is 0 Å². The average Bonchev–Trinajstić information content (AvgIpc) is 3.31. The number of thiophene rings is 1. The maximum absolute atomic E-state index is 9.55. The van der Waals surface area contributed by atoms with Gasteiger partial charge in [-0.05, 0) is 93.0 Å². The van der Waals surface area contributed by atoms with E-state index in [1.165, 1.54) is 78.7 Å². The Bertz CT molecular complexity index is 842. The lowest BCUT2D eigenvalue weighted by Gasteiger charge is -2.28. The third-order valence-corrected chi connectivity index (χ3v) is 7.29. The van der Waals surface area contributed by atoms with Gasteiger partial charge >= 0.3 is 0 Å². The number of aromatic nitrogens is 1. The monoisotopic (exact) mass is 450 g/mol. The molecule has 0 atom stereocenters. The number of pyridine rings is 1. The van der Waals surface area contributed by atoms with Crippen LogP contribution < -0.4 is 16.2 Å². The summed E-state index contributed by atoms with van der Waals surface area (Å²) in [6.45, 7) is 5.77. The molecule has 6 nitrogen and oxygen atoms in total. The number of hydrogen-bond donors (Lipinski definition) is 4. The van der Waals surface area contributed by atoms with Gasteiger partial charge in [-0.1, -0.05) is 6.42 Å². The summed E-state index contributed by atoms with van der Waals surface area (Å²) in [6, 6.07) is 1.91. The lowest BCUT2D eigenvalue weighted by atomic mass is 9.80. The van der Waals surface area contributed by atoms with Gasteiger partial charge in [0.2, 0.25) is 6.41 Å². The number of nitrogens with two attached hydrogens (primary N) is 2. The molecule has 30 heavy (non-hydrogen) atoms. The topological polar surface area (TPSA) is 114 Å². The minimum absolute atomic E-state index is 0.250. The molecule has 2 aromatic heterocycles. The number of amides is 1. The Balaban J connectivity index is 0.000000200. The van der Waals surface area contributed by atoms with Crippen molar-refractivity contribution in [3.05, 3.63) is 39.5 Å². The van der Waals surface area contributed by atoms with Gasteiger partial charge in [0.25, 0.3) is 0 Å². The standard InChI is InChI=1S/C14H20N2.C7H11NOS2.CH3NO/c1-9-13(10-5-3-6-10)16-12-8-4-7-11(12)14(9)15-2;1-7(2,9)5-3-6(11-8)10-4-5;2-1-3/h10H,3-8H2,1-2H3,(H,15,16);3-4,9H,8H2,1-2H3;1H,(H2,2,3). The van der Waals surface area contributed by atoms with E-state index in [9.17, 15) is 5.11 Å². The number of aliphatic hydroxyl groups is 1. The number of nitrogens with one attached hydrogen (secondary N) is 1. The first-order valence-corrected chi connectivity index (χ1v) is 12.1. The minimum Gasteiger partial charge on any atom is -0.388 e. The first-order chi connectivity index (χ1) is 14.3. The first-order valence-electron chi connectivity index (χ1n) is 10.3. The molecule has 2 heterocycles. The molecule has 166 valence electrons. The summed E-state index contributed by atoms with van der Waals surface area (Å²) in [5.41, 5.74) is 11.4. The van der Waals surface area contributed by atoms with Crippen LogP contribution >= 0.6 is 23.3 Å². The van der Waals surface area contributed by atoms with Crippen LogP contribution in [0, 0.1) is 6.92 Å². The zero-order valence-corrected chi connectivity index (χ0v) is 20.0. The van der Waals surface area contributed by atoms with E-state index in [1.807, 2.05) is 18.5 Å². The zero-order chi connectivity index (χ0) is 22.3. The zero-order valence-electron chi connectivity index (χ0n) is 18.3. The molecule has 1 fully saturated rings. The molecular weight excluding hydrogens is 416 g/mol. The highest BCUT2D eigenvalue weighted by Gasteiger charge is 2.27. The third kappa shape index (κ3) is 5.97. The Morgan fingerprint density at radius 1 is 1.33 bits per heavy atom. The summed E-state index contributed by atoms with van der Waals surface area (Å²) in [7, 11) is 2.05. The molecule has 2 aromatic rings. The summed E-state index contributed by atoms with van der Waals surface area (Å²) < 4.78 is 1.03. The van der Waals surface area contributed by atoms with Crippen LogP contribution in [0.2, 0.25) is 0 Å². The smallest absolute Gasteiger partial charge is 0.204 e. The average molecular weight is 451 g/mol. The molecule has 0 radical (unpaired) electrons. The molecule has 0 spiro atoms. The molecule has 8 heteroatoms. The molecule has 0 aliphatic heterocycles. The highest BCUT2D eigenvalue weighted by Crippen LogP contribution is 2.41. The number of rotatable bonds is 4. The van der Waals surface area contributed by atoms with Gasteiger partial charge in [-0.15, -0.1) is 11.3 Å². The summed E-state index contributed by atoms with van der Waals surface area (Å²) >= 11 is 2.77. The maximum Gasteiger partial charge on any atom is 0.204 e. The fourth-order valence-corrected chi connectivity index (χ4v) is 5.18. The van der Waals surface area contributed by atoms with Crippen molar-refractivity contribution in [3.63, 3.8) is 0 Å². The quantitative estimate of drug-likeness (QED) is 0.409. The second-order valence-electron chi connectivity index (χ2n) is 8.12. The SMILES string of the molecule is CC(C)(O)c1csc(SN)c1.CNc1c(C)c(C2CCC2)nc2c1CCC2.NC=O. The Morgan fingerprint density at radius 2 is 2.00 bits per heavy atom. The summed E-state index contributed by atoms with van der Waals surface area (Å²) in [5.74, 6) is 0.748. The number of carbonyl (C=O) groups excluding carboxylic acids is 1. The van der Waals surface area contributed by atoms with Crippen LogP contribution in [0.15, 0.2) is 15.7 Å². The van der Waals surface area contributed by atoms with Crippen molar-refractivity contribution in [2.75, 3.05) is 12.4 Å². The van der Waals surface area contributed by atoms with E-state index in [-0.39, 0.29) is 6.41 Å². The van der Waals surface area contributed by atoms with Gasteiger partial charge in [-0.3, -0.25) is 14.9 Å². The van der Waals surface area contributed by atoms with Gasteiger partial charge in [0.05, 0.1) is 9.81 Å². The number of anilines is 1. The molecule has 0 bridgehead atoms. The van der Waals surface area contributed by atoms with Gasteiger partial charge in [0, 0.05) is 30.0 Å². The predicted octanol–water partition coefficient (Wildman–Crippen LogP) is 4.23. The van der Waals surface area contributed by atoms with Gasteiger partial charge < -0.3 is 16.2 Å². The Labute approximate surface area is 188 Å². The van der Waals surface area contributed by atoms with Gasteiger partial charge in [-0.25, -0.2) is 0 Å². The van der Waals surface area contributed by atoms with Crippen molar-refractivity contribution in [2.24, 2.45) is 10.9 Å². The summed E-state index contributed by atoms with van der Waals surface area (Å²) in [6.07, 6.45) is 8.00. The van der Waals surface area contributed by atoms with E-state index in [1.54, 1.807) is 25.2 Å². The van der Waals surface area contributed by atoms with Crippen LogP contribution in [0.3, 0.4) is 0 Å². The number of carbonyl (C=O) groups is 1. The van der Waals surface area contributed by atoms with Crippen LogP contribution in [-0.2, 0) is 23.2 Å². The molecule has 4 rings (SSSR count). The second-order valence-corrected chi connectivity index (χ2v) is 9.97. The fourth-order valence-electron chi connectivity index (χ4n) is 3.82. The van der Waals surface area contributed by atoms with E-state index in [0.29, 0.717) is 0 Å². The normalized spacial score (nSPS) is 15.1. The summed E-state index contributed by atoms with van der Waals surface area (Å²) in [4.78, 5) is 13.5. The molecule has 1 amide bonds. The lowest BCUT2D eigenvalue weighted by molar-refractivity contribution is -0.106. The largest absolute Gasteiger partial charge is 0.388 e. The van der Waals surface area contributed by atoms with Crippen molar-refractivity contribution >= 4 is 35.4 Å². The van der Waals surface area contributed by atoms with Crippen molar-refractivity contribution < 1.29 is 9.90 Å². The highest BCUT2D eigenvalue weighted by molar-refractivity contribution is 7.99. The number of nitrogens with zero attached hydrogens (tertiary/aromatic N) is 1. The highest BCUT2D eigenvalue weighted by atomic mass is 32.2. The van der Waals surface area contributed by atoms with E-state index >= 15 is 0 Å². The van der Waals surface area contributed by atoms with E-state index in [0.717, 1.165) is 15.7 Å². The Hall–Kier alpha value is -1.61. The van der Waals surface area contributed by atoms with E-state index in [4.69, 9.17) is 14.9 Å². The fraction of sp³-hybridized carbons (Fsp3) is 0.545. The second kappa shape index (κ2) is 11.1. The molecule has 0 saturated heterocycles. The van der Waals surface area contributed by atoms with Gasteiger partial charge in [-0.2, -0.15) is 0 Å². The number of hydrogen-bond acceptors (Lipinski definition) is 7. The van der Waals surface area contributed by atoms with Gasteiger partial charge in [0.1, 0.15) is 0 Å². The molecule has 1 saturated carbocycles. The summed E-state index contributed by atoms with van der Waals surface area (Å²) in [5, 5.41) is 20.2. The first kappa shape index (κ1) is 24.7. The van der Waals surface area contributed by atoms with E-state index < -0.39 is 5.60 Å². The Kier molecular flexibility index (Phi) is 9.15. The molecule has 0 aromatic carbocycles. The van der Waals surface area contributed by atoms with Crippen LogP contribution in [0.5, 0.6) is 0 Å². The minimum atomic E-state index is -0.746. The maximum atomic E-state index is 9.55. The molecule has 2 aliphatic rings. The van der Waals surface area contributed by atoms with Crippen molar-refractivity contribution in [1.82, 2.24) is 4.98 Å². The van der Waals surface area contributed by atoms with Crippen molar-refractivity contribution in [2.45, 2.75) is 75.0 Å². The molecular formula is C22H34N4O2S2. The van der Waals surface area contributed by atoms with Crippen LogP contribution in [0.4, 0.5) is 5.69 Å². The molecule has 2 aliphatic carbocycles. The third-order valence-electron chi connectivity index (χ3n) is 5.64. The van der Waals surface area contributed by atoms with E-state index in [2.05, 4.69) is 18.0 Å². The van der Waals surface area contributed by atoms with Crippen molar-refractivity contribution in [3.8, 4) is 0 Å². The molecule has 0 unspecified atom stereocenters. The molecule has 6 N–H and O–H groups in total. The van der Waals surface area contributed by atoms with Crippen LogP contribution in [0.1, 0.15) is 73.5 Å². The van der Waals surface area contributed by atoms with Crippen molar-refractivity contribution in [1.29, 1.82) is 0 Å². The predicted molar refractivity (Wildman–Crippen MR) is 127 cm³/mol. The number of aryl methyl sites for hydroxylation is 1. The van der Waals surface area contributed by atoms with Crippen LogP contribution in [-0.4, -0.2) is 23.5 Å². The lowest BCUT2D eigenvalue weighted by Crippen LogP contribution is -2.15.